The Kier molecular flexibility index (Phi) is 6.12. The van der Waals surface area contributed by atoms with Gasteiger partial charge in [0.2, 0.25) is 5.91 Å². The quantitative estimate of drug-likeness (QED) is 0.863. The number of amides is 1. The lowest BCUT2D eigenvalue weighted by Gasteiger charge is -2.33. The van der Waals surface area contributed by atoms with Crippen LogP contribution in [0.25, 0.3) is 0 Å². The summed E-state index contributed by atoms with van der Waals surface area (Å²) in [6.07, 6.45) is 2.89. The normalized spacial score (nSPS) is 17.0. The van der Waals surface area contributed by atoms with Gasteiger partial charge in [-0.1, -0.05) is 12.1 Å². The smallest absolute Gasteiger partial charge is 0.228 e. The third kappa shape index (κ3) is 4.76. The standard InChI is InChI=1S/C21H26N2O3/c1-25-19-11-5-16(6-12-19)14-21(24)22-17-7-9-18(10-8-17)23-13-3-4-20(15-23)26-2/h5-12,20H,3-4,13-15H2,1-2H3,(H,22,24). The molecule has 1 saturated heterocycles. The van der Waals surface area contributed by atoms with Crippen LogP contribution in [0, 0.1) is 0 Å². The molecule has 5 nitrogen and oxygen atoms in total. The van der Waals surface area contributed by atoms with Crippen LogP contribution in [0.5, 0.6) is 5.75 Å². The van der Waals surface area contributed by atoms with Crippen molar-refractivity contribution in [3.05, 3.63) is 54.1 Å². The van der Waals surface area contributed by atoms with Crippen molar-refractivity contribution in [2.45, 2.75) is 25.4 Å². The molecule has 26 heavy (non-hydrogen) atoms. The molecular weight excluding hydrogens is 328 g/mol. The summed E-state index contributed by atoms with van der Waals surface area (Å²) in [5.41, 5.74) is 2.94. The summed E-state index contributed by atoms with van der Waals surface area (Å²) in [5, 5.41) is 2.96. The minimum absolute atomic E-state index is 0.0275. The van der Waals surface area contributed by atoms with Gasteiger partial charge in [-0.05, 0) is 54.8 Å². The fourth-order valence-electron chi connectivity index (χ4n) is 3.25. The Morgan fingerprint density at radius 2 is 1.85 bits per heavy atom. The molecule has 0 saturated carbocycles. The average molecular weight is 354 g/mol. The van der Waals surface area contributed by atoms with Crippen LogP contribution < -0.4 is 15.0 Å². The number of ether oxygens (including phenoxy) is 2. The third-order valence-corrected chi connectivity index (χ3v) is 4.75. The Morgan fingerprint density at radius 3 is 2.50 bits per heavy atom. The van der Waals surface area contributed by atoms with E-state index in [1.165, 1.54) is 5.69 Å². The number of piperidine rings is 1. The lowest BCUT2D eigenvalue weighted by Crippen LogP contribution is -2.39. The number of carbonyl (C=O) groups is 1. The van der Waals surface area contributed by atoms with Gasteiger partial charge >= 0.3 is 0 Å². The van der Waals surface area contributed by atoms with E-state index in [4.69, 9.17) is 9.47 Å². The molecule has 0 aromatic heterocycles. The van der Waals surface area contributed by atoms with Crippen molar-refractivity contribution in [2.24, 2.45) is 0 Å². The predicted octanol–water partition coefficient (Wildman–Crippen LogP) is 3.49. The first-order valence-electron chi connectivity index (χ1n) is 8.98. The van der Waals surface area contributed by atoms with E-state index in [0.29, 0.717) is 12.5 Å². The summed E-state index contributed by atoms with van der Waals surface area (Å²) in [6, 6.07) is 15.6. The number of benzene rings is 2. The van der Waals surface area contributed by atoms with E-state index in [0.717, 1.165) is 42.9 Å². The van der Waals surface area contributed by atoms with Gasteiger partial charge in [0.25, 0.3) is 0 Å². The number of nitrogens with one attached hydrogen (secondary N) is 1. The molecule has 1 unspecified atom stereocenters. The zero-order valence-electron chi connectivity index (χ0n) is 15.4. The van der Waals surface area contributed by atoms with Crippen molar-refractivity contribution in [1.82, 2.24) is 0 Å². The molecule has 138 valence electrons. The maximum Gasteiger partial charge on any atom is 0.228 e. The molecule has 0 bridgehead atoms. The fourth-order valence-corrected chi connectivity index (χ4v) is 3.25. The molecule has 0 aliphatic carbocycles. The predicted molar refractivity (Wildman–Crippen MR) is 104 cm³/mol. The number of anilines is 2. The lowest BCUT2D eigenvalue weighted by molar-refractivity contribution is -0.115. The Bertz CT molecular complexity index is 713. The van der Waals surface area contributed by atoms with Gasteiger partial charge in [0.15, 0.2) is 0 Å². The van der Waals surface area contributed by atoms with E-state index in [1.807, 2.05) is 36.4 Å². The largest absolute Gasteiger partial charge is 0.497 e. The number of methoxy groups -OCH3 is 2. The molecule has 1 aliphatic rings. The second-order valence-electron chi connectivity index (χ2n) is 6.57. The number of rotatable bonds is 6. The molecule has 0 radical (unpaired) electrons. The molecule has 1 atom stereocenters. The number of hydrogen-bond donors (Lipinski definition) is 1. The Hall–Kier alpha value is -2.53. The van der Waals surface area contributed by atoms with Crippen LogP contribution in [0.2, 0.25) is 0 Å². The minimum atomic E-state index is -0.0275. The van der Waals surface area contributed by atoms with Crippen molar-refractivity contribution in [3.63, 3.8) is 0 Å². The Morgan fingerprint density at radius 1 is 1.12 bits per heavy atom. The molecule has 1 amide bonds. The zero-order valence-corrected chi connectivity index (χ0v) is 15.4. The highest BCUT2D eigenvalue weighted by atomic mass is 16.5. The molecule has 1 fully saturated rings. The van der Waals surface area contributed by atoms with E-state index < -0.39 is 0 Å². The summed E-state index contributed by atoms with van der Waals surface area (Å²) < 4.78 is 10.6. The number of nitrogens with zero attached hydrogens (tertiary/aromatic N) is 1. The minimum Gasteiger partial charge on any atom is -0.497 e. The average Bonchev–Trinajstić information content (AvgIpc) is 2.69. The first-order valence-corrected chi connectivity index (χ1v) is 8.98. The van der Waals surface area contributed by atoms with Crippen LogP contribution in [0.15, 0.2) is 48.5 Å². The van der Waals surface area contributed by atoms with Gasteiger partial charge in [-0.15, -0.1) is 0 Å². The third-order valence-electron chi connectivity index (χ3n) is 4.75. The molecule has 1 heterocycles. The van der Waals surface area contributed by atoms with Gasteiger partial charge in [-0.3, -0.25) is 4.79 Å². The zero-order chi connectivity index (χ0) is 18.4. The highest BCUT2D eigenvalue weighted by Gasteiger charge is 2.19. The highest BCUT2D eigenvalue weighted by Crippen LogP contribution is 2.23. The second-order valence-corrected chi connectivity index (χ2v) is 6.57. The van der Waals surface area contributed by atoms with Crippen molar-refractivity contribution in [2.75, 3.05) is 37.5 Å². The Labute approximate surface area is 154 Å². The monoisotopic (exact) mass is 354 g/mol. The van der Waals surface area contributed by atoms with E-state index in [-0.39, 0.29) is 5.91 Å². The molecule has 5 heteroatoms. The SMILES string of the molecule is COc1ccc(CC(=O)Nc2ccc(N3CCCC(OC)C3)cc2)cc1. The maximum absolute atomic E-state index is 12.2. The molecule has 1 aliphatic heterocycles. The molecule has 2 aromatic carbocycles. The van der Waals surface area contributed by atoms with Gasteiger partial charge in [0.05, 0.1) is 19.6 Å². The lowest BCUT2D eigenvalue weighted by atomic mass is 10.1. The summed E-state index contributed by atoms with van der Waals surface area (Å²) in [5.74, 6) is 0.763. The number of hydrogen-bond acceptors (Lipinski definition) is 4. The summed E-state index contributed by atoms with van der Waals surface area (Å²) in [4.78, 5) is 14.6. The van der Waals surface area contributed by atoms with Crippen LogP contribution in [-0.2, 0) is 16.0 Å². The molecular formula is C21H26N2O3. The van der Waals surface area contributed by atoms with Crippen LogP contribution in [0.1, 0.15) is 18.4 Å². The highest BCUT2D eigenvalue weighted by molar-refractivity contribution is 5.92. The molecule has 1 N–H and O–H groups in total. The van der Waals surface area contributed by atoms with Gasteiger partial charge in [0.1, 0.15) is 5.75 Å². The summed E-state index contributed by atoms with van der Waals surface area (Å²) >= 11 is 0. The van der Waals surface area contributed by atoms with Gasteiger partial charge in [-0.25, -0.2) is 0 Å². The first kappa shape index (κ1) is 18.3. The van der Waals surface area contributed by atoms with Crippen molar-refractivity contribution >= 4 is 17.3 Å². The fraction of sp³-hybridized carbons (Fsp3) is 0.381. The van der Waals surface area contributed by atoms with E-state index >= 15 is 0 Å². The second kappa shape index (κ2) is 8.72. The van der Waals surface area contributed by atoms with Crippen LogP contribution in [0.3, 0.4) is 0 Å². The molecule has 3 rings (SSSR count). The van der Waals surface area contributed by atoms with Gasteiger partial charge < -0.3 is 19.7 Å². The van der Waals surface area contributed by atoms with E-state index in [1.54, 1.807) is 14.2 Å². The van der Waals surface area contributed by atoms with E-state index in [2.05, 4.69) is 22.3 Å². The van der Waals surface area contributed by atoms with E-state index in [9.17, 15) is 4.79 Å². The van der Waals surface area contributed by atoms with Crippen molar-refractivity contribution in [3.8, 4) is 5.75 Å². The summed E-state index contributed by atoms with van der Waals surface area (Å²) in [6.45, 7) is 1.96. The topological polar surface area (TPSA) is 50.8 Å². The number of carbonyl (C=O) groups excluding carboxylic acids is 1. The molecule has 2 aromatic rings. The Balaban J connectivity index is 1.55. The summed E-state index contributed by atoms with van der Waals surface area (Å²) in [7, 11) is 3.40. The van der Waals surface area contributed by atoms with Gasteiger partial charge in [-0.2, -0.15) is 0 Å². The first-order chi connectivity index (χ1) is 12.7. The maximum atomic E-state index is 12.2. The van der Waals surface area contributed by atoms with Crippen LogP contribution in [0.4, 0.5) is 11.4 Å². The van der Waals surface area contributed by atoms with Crippen molar-refractivity contribution < 1.29 is 14.3 Å². The van der Waals surface area contributed by atoms with Crippen molar-refractivity contribution in [1.29, 1.82) is 0 Å². The van der Waals surface area contributed by atoms with Crippen LogP contribution in [-0.4, -0.2) is 39.3 Å². The van der Waals surface area contributed by atoms with Gasteiger partial charge in [0, 0.05) is 31.6 Å². The van der Waals surface area contributed by atoms with Crippen LogP contribution >= 0.6 is 0 Å². The molecule has 0 spiro atoms.